The molecule has 4 nitrogen and oxygen atoms in total. The van der Waals surface area contributed by atoms with Gasteiger partial charge in [-0.15, -0.1) is 0 Å². The number of aromatic nitrogens is 1. The van der Waals surface area contributed by atoms with E-state index < -0.39 is 11.6 Å². The molecule has 0 bridgehead atoms. The summed E-state index contributed by atoms with van der Waals surface area (Å²) in [6.45, 7) is 4.32. The van der Waals surface area contributed by atoms with E-state index in [0.29, 0.717) is 32.3 Å². The average molecular weight is 286 g/mol. The zero-order valence-electron chi connectivity index (χ0n) is 11.6. The molecule has 1 aromatic heterocycles. The molecule has 0 atom stereocenters. The van der Waals surface area contributed by atoms with Gasteiger partial charge in [0.25, 0.3) is 5.88 Å². The topological polar surface area (TPSA) is 43.4 Å². The van der Waals surface area contributed by atoms with Crippen molar-refractivity contribution in [2.45, 2.75) is 26.2 Å². The average Bonchev–Trinajstić information content (AvgIpc) is 2.46. The maximum Gasteiger partial charge on any atom is 0.252 e. The Morgan fingerprint density at radius 1 is 1.35 bits per heavy atom. The lowest BCUT2D eigenvalue weighted by Crippen LogP contribution is -2.22. The van der Waals surface area contributed by atoms with Gasteiger partial charge < -0.3 is 14.8 Å². The molecule has 0 amide bonds. The smallest absolute Gasteiger partial charge is 0.252 e. The predicted octanol–water partition coefficient (Wildman–Crippen LogP) is 2.99. The number of hydrogen-bond acceptors (Lipinski definition) is 4. The SMILES string of the molecule is CCCNc1nc(OCC2CCOCC2)c(F)cc1F. The lowest BCUT2D eigenvalue weighted by molar-refractivity contribution is 0.0483. The van der Waals surface area contributed by atoms with Crippen molar-refractivity contribution >= 4 is 5.82 Å². The molecule has 1 aliphatic heterocycles. The second-order valence-corrected chi connectivity index (χ2v) is 4.90. The first kappa shape index (κ1) is 15.0. The highest BCUT2D eigenvalue weighted by Crippen LogP contribution is 2.23. The Kier molecular flexibility index (Phi) is 5.52. The number of pyridine rings is 1. The van der Waals surface area contributed by atoms with Crippen LogP contribution in [0.4, 0.5) is 14.6 Å². The molecule has 20 heavy (non-hydrogen) atoms. The number of nitrogens with zero attached hydrogens (tertiary/aromatic N) is 1. The molecular weight excluding hydrogens is 266 g/mol. The van der Waals surface area contributed by atoms with Crippen molar-refractivity contribution in [3.05, 3.63) is 17.7 Å². The van der Waals surface area contributed by atoms with Gasteiger partial charge in [-0.3, -0.25) is 0 Å². The normalized spacial score (nSPS) is 16.1. The molecule has 0 spiro atoms. The first-order valence-corrected chi connectivity index (χ1v) is 7.01. The monoisotopic (exact) mass is 286 g/mol. The van der Waals surface area contributed by atoms with E-state index >= 15 is 0 Å². The third kappa shape index (κ3) is 4.03. The summed E-state index contributed by atoms with van der Waals surface area (Å²) in [5.41, 5.74) is 0. The Hall–Kier alpha value is -1.43. The molecule has 6 heteroatoms. The van der Waals surface area contributed by atoms with Crippen molar-refractivity contribution in [2.75, 3.05) is 31.7 Å². The van der Waals surface area contributed by atoms with Crippen LogP contribution in [-0.4, -0.2) is 31.3 Å². The van der Waals surface area contributed by atoms with Crippen LogP contribution >= 0.6 is 0 Å². The van der Waals surface area contributed by atoms with Gasteiger partial charge in [-0.05, 0) is 25.2 Å². The zero-order chi connectivity index (χ0) is 14.4. The quantitative estimate of drug-likeness (QED) is 0.873. The maximum absolute atomic E-state index is 13.6. The van der Waals surface area contributed by atoms with E-state index in [-0.39, 0.29) is 11.7 Å². The van der Waals surface area contributed by atoms with Crippen LogP contribution in [0.3, 0.4) is 0 Å². The summed E-state index contributed by atoms with van der Waals surface area (Å²) in [6, 6.07) is 0.810. The molecule has 1 aromatic rings. The summed E-state index contributed by atoms with van der Waals surface area (Å²) >= 11 is 0. The van der Waals surface area contributed by atoms with Crippen LogP contribution in [0.25, 0.3) is 0 Å². The maximum atomic E-state index is 13.6. The number of anilines is 1. The van der Waals surface area contributed by atoms with Gasteiger partial charge in [-0.1, -0.05) is 6.92 Å². The largest absolute Gasteiger partial charge is 0.475 e. The van der Waals surface area contributed by atoms with Crippen molar-refractivity contribution < 1.29 is 18.3 Å². The number of ether oxygens (including phenoxy) is 2. The van der Waals surface area contributed by atoms with Crippen LogP contribution in [0.2, 0.25) is 0 Å². The predicted molar refractivity (Wildman–Crippen MR) is 72.0 cm³/mol. The highest BCUT2D eigenvalue weighted by molar-refractivity contribution is 5.39. The second-order valence-electron chi connectivity index (χ2n) is 4.90. The van der Waals surface area contributed by atoms with E-state index in [0.717, 1.165) is 25.3 Å². The van der Waals surface area contributed by atoms with Gasteiger partial charge in [0, 0.05) is 25.8 Å². The summed E-state index contributed by atoms with van der Waals surface area (Å²) in [5, 5.41) is 2.82. The van der Waals surface area contributed by atoms with Crippen molar-refractivity contribution in [3.8, 4) is 5.88 Å². The Balaban J connectivity index is 1.98. The lowest BCUT2D eigenvalue weighted by atomic mass is 10.0. The molecule has 112 valence electrons. The minimum absolute atomic E-state index is 0.0372. The van der Waals surface area contributed by atoms with Crippen LogP contribution in [0.5, 0.6) is 5.88 Å². The zero-order valence-corrected chi connectivity index (χ0v) is 11.6. The molecule has 2 heterocycles. The van der Waals surface area contributed by atoms with Crippen molar-refractivity contribution in [1.29, 1.82) is 0 Å². The molecule has 1 aliphatic rings. The number of rotatable bonds is 6. The first-order valence-electron chi connectivity index (χ1n) is 7.01. The highest BCUT2D eigenvalue weighted by Gasteiger charge is 2.17. The lowest BCUT2D eigenvalue weighted by Gasteiger charge is -2.22. The van der Waals surface area contributed by atoms with Crippen LogP contribution in [-0.2, 0) is 4.74 Å². The van der Waals surface area contributed by atoms with E-state index in [1.165, 1.54) is 0 Å². The summed E-state index contributed by atoms with van der Waals surface area (Å²) in [6.07, 6.45) is 2.62. The third-order valence-corrected chi connectivity index (χ3v) is 3.24. The number of halogens is 2. The Morgan fingerprint density at radius 3 is 2.80 bits per heavy atom. The van der Waals surface area contributed by atoms with E-state index in [9.17, 15) is 8.78 Å². The van der Waals surface area contributed by atoms with Crippen LogP contribution in [0.1, 0.15) is 26.2 Å². The van der Waals surface area contributed by atoms with Gasteiger partial charge in [0.1, 0.15) is 0 Å². The Morgan fingerprint density at radius 2 is 2.10 bits per heavy atom. The fourth-order valence-electron chi connectivity index (χ4n) is 2.03. The first-order chi connectivity index (χ1) is 9.70. The van der Waals surface area contributed by atoms with Gasteiger partial charge in [-0.25, -0.2) is 8.78 Å². The third-order valence-electron chi connectivity index (χ3n) is 3.24. The molecule has 0 aromatic carbocycles. The fraction of sp³-hybridized carbons (Fsp3) is 0.643. The molecule has 0 unspecified atom stereocenters. The van der Waals surface area contributed by atoms with Gasteiger partial charge in [0.15, 0.2) is 17.5 Å². The van der Waals surface area contributed by atoms with Crippen LogP contribution < -0.4 is 10.1 Å². The standard InChI is InChI=1S/C14H20F2N2O2/c1-2-5-17-13-11(15)8-12(16)14(18-13)20-9-10-3-6-19-7-4-10/h8,10H,2-7,9H2,1H3,(H,17,18). The molecule has 1 fully saturated rings. The molecule has 2 rings (SSSR count). The Labute approximate surface area is 117 Å². The fourth-order valence-corrected chi connectivity index (χ4v) is 2.03. The van der Waals surface area contributed by atoms with Crippen molar-refractivity contribution in [2.24, 2.45) is 5.92 Å². The van der Waals surface area contributed by atoms with Crippen LogP contribution in [0.15, 0.2) is 6.07 Å². The molecule has 0 radical (unpaired) electrons. The van der Waals surface area contributed by atoms with Gasteiger partial charge in [0.2, 0.25) is 0 Å². The van der Waals surface area contributed by atoms with E-state index in [1.807, 2.05) is 6.92 Å². The summed E-state index contributed by atoms with van der Waals surface area (Å²) < 4.78 is 37.8. The molecule has 1 N–H and O–H groups in total. The van der Waals surface area contributed by atoms with E-state index in [2.05, 4.69) is 10.3 Å². The summed E-state index contributed by atoms with van der Waals surface area (Å²) in [4.78, 5) is 3.88. The van der Waals surface area contributed by atoms with E-state index in [4.69, 9.17) is 9.47 Å². The molecule has 1 saturated heterocycles. The highest BCUT2D eigenvalue weighted by atomic mass is 19.1. The minimum atomic E-state index is -0.767. The van der Waals surface area contributed by atoms with Gasteiger partial charge in [0.05, 0.1) is 6.61 Å². The van der Waals surface area contributed by atoms with Crippen molar-refractivity contribution in [1.82, 2.24) is 4.98 Å². The summed E-state index contributed by atoms with van der Waals surface area (Å²) in [7, 11) is 0. The van der Waals surface area contributed by atoms with Gasteiger partial charge >= 0.3 is 0 Å². The van der Waals surface area contributed by atoms with Crippen LogP contribution in [0, 0.1) is 17.6 Å². The Bertz CT molecular complexity index is 437. The molecule has 0 aliphatic carbocycles. The van der Waals surface area contributed by atoms with Gasteiger partial charge in [-0.2, -0.15) is 4.98 Å². The second kappa shape index (κ2) is 7.38. The molecular formula is C14H20F2N2O2. The number of nitrogens with one attached hydrogen (secondary N) is 1. The van der Waals surface area contributed by atoms with Crippen molar-refractivity contribution in [3.63, 3.8) is 0 Å². The summed E-state index contributed by atoms with van der Waals surface area (Å²) in [5.74, 6) is -1.24. The molecule has 0 saturated carbocycles. The van der Waals surface area contributed by atoms with E-state index in [1.54, 1.807) is 0 Å². The number of hydrogen-bond donors (Lipinski definition) is 1. The minimum Gasteiger partial charge on any atom is -0.475 e.